The lowest BCUT2D eigenvalue weighted by molar-refractivity contribution is 0.108. The molecule has 3 atom stereocenters. The van der Waals surface area contributed by atoms with Gasteiger partial charge in [0.25, 0.3) is 0 Å². The van der Waals surface area contributed by atoms with E-state index >= 15 is 4.39 Å². The van der Waals surface area contributed by atoms with Crippen LogP contribution in [-0.2, 0) is 0 Å². The highest BCUT2D eigenvalue weighted by atomic mass is 19.1. The van der Waals surface area contributed by atoms with Crippen LogP contribution in [0.2, 0.25) is 0 Å². The van der Waals surface area contributed by atoms with Crippen LogP contribution in [0.5, 0.6) is 5.75 Å². The Morgan fingerprint density at radius 2 is 2.03 bits per heavy atom. The van der Waals surface area contributed by atoms with E-state index in [1.165, 1.54) is 12.8 Å². The molecule has 1 aliphatic heterocycles. The average Bonchev–Trinajstić information content (AvgIpc) is 3.70. The molecule has 3 aromatic rings. The molecule has 0 spiro atoms. The number of aromatic nitrogens is 3. The normalized spacial score (nSPS) is 20.9. The van der Waals surface area contributed by atoms with Crippen molar-refractivity contribution in [1.29, 1.82) is 0 Å². The number of aliphatic hydroxyl groups excluding tert-OH is 1. The topological polar surface area (TPSA) is 109 Å². The van der Waals surface area contributed by atoms with Crippen LogP contribution in [0.3, 0.4) is 0 Å². The lowest BCUT2D eigenvalue weighted by Crippen LogP contribution is -2.48. The third-order valence-electron chi connectivity index (χ3n) is 7.35. The zero-order chi connectivity index (χ0) is 26.8. The molecule has 1 unspecified atom stereocenters. The fourth-order valence-electron chi connectivity index (χ4n) is 5.10. The molecule has 0 bridgehead atoms. The molecule has 1 saturated heterocycles. The van der Waals surface area contributed by atoms with Gasteiger partial charge in [-0.1, -0.05) is 17.3 Å². The first-order chi connectivity index (χ1) is 18.3. The highest BCUT2D eigenvalue weighted by molar-refractivity contribution is 5.74. The van der Waals surface area contributed by atoms with E-state index in [2.05, 4.69) is 20.7 Å². The average molecular weight is 525 g/mol. The van der Waals surface area contributed by atoms with Crippen molar-refractivity contribution in [3.05, 3.63) is 41.3 Å². The van der Waals surface area contributed by atoms with Crippen molar-refractivity contribution >= 4 is 5.82 Å². The van der Waals surface area contributed by atoms with E-state index in [1.54, 1.807) is 7.05 Å². The molecular formula is C28H37FN6O3. The van der Waals surface area contributed by atoms with Crippen LogP contribution in [0.4, 0.5) is 10.2 Å². The van der Waals surface area contributed by atoms with Crippen molar-refractivity contribution in [2.24, 2.45) is 0 Å². The fourth-order valence-corrected chi connectivity index (χ4v) is 5.10. The Labute approximate surface area is 222 Å². The summed E-state index contributed by atoms with van der Waals surface area (Å²) < 4.78 is 26.5. The minimum Gasteiger partial charge on any atom is -0.491 e. The lowest BCUT2D eigenvalue weighted by atomic mass is 10.0. The van der Waals surface area contributed by atoms with E-state index in [0.717, 1.165) is 35.3 Å². The maximum Gasteiger partial charge on any atom is 0.162 e. The lowest BCUT2D eigenvalue weighted by Gasteiger charge is -2.35. The Morgan fingerprint density at radius 1 is 1.21 bits per heavy atom. The van der Waals surface area contributed by atoms with Gasteiger partial charge in [-0.25, -0.2) is 14.4 Å². The minimum atomic E-state index is -0.981. The van der Waals surface area contributed by atoms with Crippen molar-refractivity contribution in [2.45, 2.75) is 64.4 Å². The summed E-state index contributed by atoms with van der Waals surface area (Å²) in [5.41, 5.74) is 3.83. The number of rotatable bonds is 10. The second-order valence-corrected chi connectivity index (χ2v) is 10.4. The third-order valence-corrected chi connectivity index (χ3v) is 7.35. The van der Waals surface area contributed by atoms with E-state index in [1.807, 2.05) is 45.0 Å². The molecule has 1 aromatic carbocycles. The van der Waals surface area contributed by atoms with Crippen molar-refractivity contribution in [2.75, 3.05) is 38.6 Å². The first-order valence-corrected chi connectivity index (χ1v) is 13.4. The Kier molecular flexibility index (Phi) is 7.92. The van der Waals surface area contributed by atoms with Crippen LogP contribution in [-0.4, -0.2) is 82.8 Å². The Morgan fingerprint density at radius 3 is 2.71 bits per heavy atom. The smallest absolute Gasteiger partial charge is 0.162 e. The Balaban J connectivity index is 1.47. The van der Waals surface area contributed by atoms with Crippen LogP contribution in [0, 0.1) is 20.8 Å². The monoisotopic (exact) mass is 524 g/mol. The van der Waals surface area contributed by atoms with Gasteiger partial charge in [-0.05, 0) is 59.2 Å². The zero-order valence-electron chi connectivity index (χ0n) is 22.5. The number of ether oxygens (including phenoxy) is 1. The van der Waals surface area contributed by atoms with Gasteiger partial charge in [-0.3, -0.25) is 4.90 Å². The minimum absolute atomic E-state index is 0.160. The third kappa shape index (κ3) is 5.82. The molecule has 204 valence electrons. The molecule has 0 radical (unpaired) electrons. The van der Waals surface area contributed by atoms with Gasteiger partial charge in [0.05, 0.1) is 23.0 Å². The van der Waals surface area contributed by atoms with Crippen LogP contribution >= 0.6 is 0 Å². The van der Waals surface area contributed by atoms with E-state index in [0.29, 0.717) is 48.0 Å². The number of halogens is 1. The van der Waals surface area contributed by atoms with Gasteiger partial charge in [-0.2, -0.15) is 0 Å². The number of alkyl halides is 1. The summed E-state index contributed by atoms with van der Waals surface area (Å²) in [6, 6.07) is 7.69. The quantitative estimate of drug-likeness (QED) is 0.366. The molecule has 38 heavy (non-hydrogen) atoms. The van der Waals surface area contributed by atoms with Crippen molar-refractivity contribution in [1.82, 2.24) is 25.3 Å². The largest absolute Gasteiger partial charge is 0.491 e. The molecule has 2 fully saturated rings. The predicted octanol–water partition coefficient (Wildman–Crippen LogP) is 3.67. The van der Waals surface area contributed by atoms with Gasteiger partial charge < -0.3 is 25.0 Å². The molecule has 2 aliphatic rings. The molecular weight excluding hydrogens is 487 g/mol. The van der Waals surface area contributed by atoms with Gasteiger partial charge in [0, 0.05) is 36.8 Å². The molecule has 3 heterocycles. The number of likely N-dealkylation sites (N-methyl/N-ethyl adjacent to an activating group) is 1. The van der Waals surface area contributed by atoms with E-state index < -0.39 is 12.3 Å². The molecule has 9 nitrogen and oxygen atoms in total. The summed E-state index contributed by atoms with van der Waals surface area (Å²) in [5, 5.41) is 20.5. The van der Waals surface area contributed by atoms with Crippen molar-refractivity contribution < 1.29 is 18.8 Å². The second kappa shape index (κ2) is 11.3. The summed E-state index contributed by atoms with van der Waals surface area (Å²) in [4.78, 5) is 12.1. The van der Waals surface area contributed by atoms with Gasteiger partial charge in [-0.15, -0.1) is 0 Å². The number of hydrogen-bond acceptors (Lipinski definition) is 9. The number of piperidine rings is 1. The maximum atomic E-state index is 15.3. The molecule has 10 heteroatoms. The van der Waals surface area contributed by atoms with Crippen LogP contribution in [0.15, 0.2) is 28.8 Å². The van der Waals surface area contributed by atoms with Gasteiger partial charge in [0.15, 0.2) is 5.82 Å². The van der Waals surface area contributed by atoms with E-state index in [-0.39, 0.29) is 12.6 Å². The molecule has 0 amide bonds. The highest BCUT2D eigenvalue weighted by Gasteiger charge is 2.37. The van der Waals surface area contributed by atoms with E-state index in [9.17, 15) is 5.11 Å². The van der Waals surface area contributed by atoms with Gasteiger partial charge in [0.2, 0.25) is 0 Å². The highest BCUT2D eigenvalue weighted by Crippen LogP contribution is 2.35. The number of benzene rings is 1. The van der Waals surface area contributed by atoms with Gasteiger partial charge in [0.1, 0.15) is 36.2 Å². The second-order valence-electron chi connectivity index (χ2n) is 10.4. The summed E-state index contributed by atoms with van der Waals surface area (Å²) in [6.45, 7) is 7.63. The molecule has 5 rings (SSSR count). The molecule has 1 saturated carbocycles. The number of aryl methyl sites for hydroxylation is 2. The number of nitrogens with zero attached hydrogens (tertiary/aromatic N) is 4. The molecule has 2 aromatic heterocycles. The van der Waals surface area contributed by atoms with Crippen LogP contribution in [0.25, 0.3) is 22.6 Å². The molecule has 1 aliphatic carbocycles. The Bertz CT molecular complexity index is 1240. The first-order valence-electron chi connectivity index (χ1n) is 13.4. The van der Waals surface area contributed by atoms with Crippen LogP contribution < -0.4 is 15.4 Å². The summed E-state index contributed by atoms with van der Waals surface area (Å²) in [7, 11) is 1.78. The van der Waals surface area contributed by atoms with E-state index in [4.69, 9.17) is 19.2 Å². The Hall–Kier alpha value is -3.08. The first kappa shape index (κ1) is 26.5. The van der Waals surface area contributed by atoms with Gasteiger partial charge >= 0.3 is 0 Å². The SMILES string of the molecule is CNCC(O)COc1cccc(-c2nc(N[C@@H]3CCN(C4CC4)C[C@@H]3F)c(C)c(-c3c(C)noc3C)n2)c1. The fraction of sp³-hybridized carbons (Fsp3) is 0.536. The van der Waals surface area contributed by atoms with Crippen LogP contribution in [0.1, 0.15) is 36.3 Å². The zero-order valence-corrected chi connectivity index (χ0v) is 22.5. The number of aliphatic hydroxyl groups is 1. The number of likely N-dealkylation sites (tertiary alicyclic amines) is 1. The standard InChI is InChI=1S/C28H37FN6O3/c1-16-26(25-17(2)34-38-18(25)3)32-28(19-6-5-7-22(12-19)37-15-21(36)13-30-4)33-27(16)31-24-10-11-35(14-23(24)29)20-8-9-20/h5-7,12,20-21,23-24,30,36H,8-11,13-15H2,1-4H3,(H,31,32,33)/t21?,23-,24+/m0/s1. The summed E-state index contributed by atoms with van der Waals surface area (Å²) >= 11 is 0. The molecule has 3 N–H and O–H groups in total. The van der Waals surface area contributed by atoms with Crippen molar-refractivity contribution in [3.8, 4) is 28.4 Å². The summed E-state index contributed by atoms with van der Waals surface area (Å²) in [5.74, 6) is 2.36. The number of anilines is 1. The predicted molar refractivity (Wildman–Crippen MR) is 144 cm³/mol. The number of hydrogen-bond donors (Lipinski definition) is 3. The number of nitrogens with one attached hydrogen (secondary N) is 2. The van der Waals surface area contributed by atoms with Crippen molar-refractivity contribution in [3.63, 3.8) is 0 Å². The maximum absolute atomic E-state index is 15.3. The summed E-state index contributed by atoms with van der Waals surface area (Å²) in [6.07, 6.45) is 1.47.